The summed E-state index contributed by atoms with van der Waals surface area (Å²) in [5, 5.41) is 8.95. The Morgan fingerprint density at radius 3 is 2.55 bits per heavy atom. The van der Waals surface area contributed by atoms with Gasteiger partial charge in [0.15, 0.2) is 0 Å². The lowest BCUT2D eigenvalue weighted by Crippen LogP contribution is -1.91. The van der Waals surface area contributed by atoms with Crippen LogP contribution in [0.2, 0.25) is 0 Å². The summed E-state index contributed by atoms with van der Waals surface area (Å²) in [5.41, 5.74) is 0. The van der Waals surface area contributed by atoms with Gasteiger partial charge in [-0.25, -0.2) is 0 Å². The Balaban J connectivity index is 2.65. The zero-order valence-electron chi connectivity index (χ0n) is 6.32. The van der Waals surface area contributed by atoms with Crippen LogP contribution in [-0.4, -0.2) is 5.11 Å². The van der Waals surface area contributed by atoms with Gasteiger partial charge in [-0.15, -0.1) is 0 Å². The molecule has 0 aliphatic rings. The summed E-state index contributed by atoms with van der Waals surface area (Å²) in [4.78, 5) is 0. The zero-order chi connectivity index (χ0) is 8.10. The van der Waals surface area contributed by atoms with Gasteiger partial charge in [-0.3, -0.25) is 0 Å². The molecule has 11 heavy (non-hydrogen) atoms. The molecule has 1 aromatic carbocycles. The monoisotopic (exact) mass is 150 g/mol. The Morgan fingerprint density at radius 2 is 2.00 bits per heavy atom. The number of allylic oxidation sites excluding steroid dienone is 1. The maximum atomic E-state index is 8.95. The molecule has 0 spiro atoms. The topological polar surface area (TPSA) is 29.5 Å². The predicted octanol–water partition coefficient (Wildman–Crippen LogP) is 2.48. The molecule has 2 heteroatoms. The van der Waals surface area contributed by atoms with E-state index in [1.54, 1.807) is 19.1 Å². The largest absolute Gasteiger partial charge is 0.481 e. The van der Waals surface area contributed by atoms with Crippen LogP contribution in [0.1, 0.15) is 6.92 Å². The van der Waals surface area contributed by atoms with Crippen LogP contribution in [0.4, 0.5) is 0 Å². The van der Waals surface area contributed by atoms with E-state index in [1.807, 2.05) is 18.2 Å². The number of para-hydroxylation sites is 1. The first-order valence-electron chi connectivity index (χ1n) is 3.41. The van der Waals surface area contributed by atoms with Crippen molar-refractivity contribution in [3.8, 4) is 5.75 Å². The van der Waals surface area contributed by atoms with Gasteiger partial charge in [-0.1, -0.05) is 18.2 Å². The highest BCUT2D eigenvalue weighted by molar-refractivity contribution is 5.22. The average Bonchev–Trinajstić information content (AvgIpc) is 2.06. The van der Waals surface area contributed by atoms with Gasteiger partial charge in [-0.2, -0.15) is 0 Å². The average molecular weight is 150 g/mol. The molecule has 0 fully saturated rings. The van der Waals surface area contributed by atoms with Crippen molar-refractivity contribution in [1.82, 2.24) is 0 Å². The molecule has 0 saturated heterocycles. The highest BCUT2D eigenvalue weighted by atomic mass is 16.6. The Kier molecular flexibility index (Phi) is 2.55. The fourth-order valence-corrected chi connectivity index (χ4v) is 0.668. The Bertz CT molecular complexity index is 239. The second-order valence-corrected chi connectivity index (χ2v) is 2.04. The van der Waals surface area contributed by atoms with Gasteiger partial charge in [0.05, 0.1) is 0 Å². The van der Waals surface area contributed by atoms with E-state index < -0.39 is 0 Å². The molecule has 0 amide bonds. The predicted molar refractivity (Wildman–Crippen MR) is 43.5 cm³/mol. The van der Waals surface area contributed by atoms with Crippen molar-refractivity contribution in [2.45, 2.75) is 6.92 Å². The molecule has 0 radical (unpaired) electrons. The Morgan fingerprint density at radius 1 is 1.36 bits per heavy atom. The summed E-state index contributed by atoms with van der Waals surface area (Å²) in [6, 6.07) is 9.13. The maximum absolute atomic E-state index is 8.95. The molecule has 1 N–H and O–H groups in total. The van der Waals surface area contributed by atoms with E-state index in [0.29, 0.717) is 5.75 Å². The second-order valence-electron chi connectivity index (χ2n) is 2.04. The molecule has 0 bridgehead atoms. The number of ether oxygens (including phenoxy) is 1. The smallest absolute Gasteiger partial charge is 0.277 e. The summed E-state index contributed by atoms with van der Waals surface area (Å²) in [5.74, 6) is 0.569. The third-order valence-electron chi connectivity index (χ3n) is 1.21. The number of hydrogen-bond acceptors (Lipinski definition) is 2. The Hall–Kier alpha value is -1.44. The van der Waals surface area contributed by atoms with Crippen LogP contribution in [0.5, 0.6) is 5.75 Å². The van der Waals surface area contributed by atoms with E-state index in [-0.39, 0.29) is 5.95 Å². The minimum Gasteiger partial charge on any atom is -0.481 e. The summed E-state index contributed by atoms with van der Waals surface area (Å²) in [6.07, 6.45) is 1.49. The Labute approximate surface area is 65.7 Å². The van der Waals surface area contributed by atoms with E-state index in [9.17, 15) is 0 Å². The van der Waals surface area contributed by atoms with Gasteiger partial charge >= 0.3 is 0 Å². The van der Waals surface area contributed by atoms with E-state index in [2.05, 4.69) is 0 Å². The molecule has 1 rings (SSSR count). The van der Waals surface area contributed by atoms with E-state index in [4.69, 9.17) is 9.84 Å². The molecule has 0 heterocycles. The lowest BCUT2D eigenvalue weighted by molar-refractivity contribution is 0.208. The first-order valence-corrected chi connectivity index (χ1v) is 3.41. The lowest BCUT2D eigenvalue weighted by atomic mass is 10.3. The molecule has 58 valence electrons. The van der Waals surface area contributed by atoms with E-state index in [1.165, 1.54) is 6.08 Å². The molecule has 1 aromatic rings. The fourth-order valence-electron chi connectivity index (χ4n) is 0.668. The van der Waals surface area contributed by atoms with Gasteiger partial charge in [0.25, 0.3) is 5.95 Å². The quantitative estimate of drug-likeness (QED) is 0.656. The molecule has 0 aliphatic heterocycles. The number of benzene rings is 1. The van der Waals surface area contributed by atoms with Crippen LogP contribution in [-0.2, 0) is 0 Å². The minimum atomic E-state index is -0.0730. The normalized spacial score (nSPS) is 11.2. The number of hydrogen-bond donors (Lipinski definition) is 1. The second kappa shape index (κ2) is 3.66. The van der Waals surface area contributed by atoms with Crippen molar-refractivity contribution in [2.24, 2.45) is 0 Å². The highest BCUT2D eigenvalue weighted by Gasteiger charge is 1.92. The molecule has 0 saturated carbocycles. The van der Waals surface area contributed by atoms with Gasteiger partial charge in [-0.05, 0) is 25.1 Å². The first-order chi connectivity index (χ1) is 5.33. The van der Waals surface area contributed by atoms with Crippen LogP contribution in [0.15, 0.2) is 42.4 Å². The lowest BCUT2D eigenvalue weighted by Gasteiger charge is -2.01. The summed E-state index contributed by atoms with van der Waals surface area (Å²) < 4.78 is 4.98. The number of aliphatic hydroxyl groups excluding tert-OH is 1. The van der Waals surface area contributed by atoms with Crippen LogP contribution in [0.3, 0.4) is 0 Å². The van der Waals surface area contributed by atoms with Gasteiger partial charge < -0.3 is 9.84 Å². The standard InChI is InChI=1S/C9H10O2/c1-2-9(10)11-8-6-4-3-5-7-8/h2-7,10H,1H3/b9-2+. The third-order valence-corrected chi connectivity index (χ3v) is 1.21. The van der Waals surface area contributed by atoms with Crippen molar-refractivity contribution in [3.05, 3.63) is 42.4 Å². The van der Waals surface area contributed by atoms with Crippen molar-refractivity contribution >= 4 is 0 Å². The summed E-state index contributed by atoms with van der Waals surface area (Å²) in [7, 11) is 0. The molecule has 0 unspecified atom stereocenters. The maximum Gasteiger partial charge on any atom is 0.277 e. The first kappa shape index (κ1) is 7.66. The SMILES string of the molecule is C/C=C(\O)Oc1ccccc1. The molecular weight excluding hydrogens is 140 g/mol. The van der Waals surface area contributed by atoms with E-state index in [0.717, 1.165) is 0 Å². The summed E-state index contributed by atoms with van der Waals surface area (Å²) in [6.45, 7) is 1.71. The number of rotatable bonds is 2. The fraction of sp³-hybridized carbons (Fsp3) is 0.111. The zero-order valence-corrected chi connectivity index (χ0v) is 6.32. The van der Waals surface area contributed by atoms with Crippen LogP contribution in [0.25, 0.3) is 0 Å². The molecule has 0 aromatic heterocycles. The van der Waals surface area contributed by atoms with Crippen molar-refractivity contribution in [3.63, 3.8) is 0 Å². The van der Waals surface area contributed by atoms with Crippen molar-refractivity contribution in [2.75, 3.05) is 0 Å². The summed E-state index contributed by atoms with van der Waals surface area (Å²) >= 11 is 0. The molecule has 0 aliphatic carbocycles. The van der Waals surface area contributed by atoms with Crippen LogP contribution >= 0.6 is 0 Å². The van der Waals surface area contributed by atoms with Gasteiger partial charge in [0, 0.05) is 0 Å². The minimum absolute atomic E-state index is 0.0730. The van der Waals surface area contributed by atoms with Crippen molar-refractivity contribution in [1.29, 1.82) is 0 Å². The van der Waals surface area contributed by atoms with Gasteiger partial charge in [0.2, 0.25) is 0 Å². The molecular formula is C9H10O2. The van der Waals surface area contributed by atoms with Crippen LogP contribution in [0, 0.1) is 0 Å². The van der Waals surface area contributed by atoms with E-state index >= 15 is 0 Å². The van der Waals surface area contributed by atoms with Gasteiger partial charge in [0.1, 0.15) is 5.75 Å². The number of aliphatic hydroxyl groups is 1. The highest BCUT2D eigenvalue weighted by Crippen LogP contribution is 2.10. The molecule has 0 atom stereocenters. The van der Waals surface area contributed by atoms with Crippen molar-refractivity contribution < 1.29 is 9.84 Å². The third kappa shape index (κ3) is 2.34. The molecule has 2 nitrogen and oxygen atoms in total. The van der Waals surface area contributed by atoms with Crippen LogP contribution < -0.4 is 4.74 Å².